The van der Waals surface area contributed by atoms with E-state index in [1.165, 1.54) is 18.2 Å². The quantitative estimate of drug-likeness (QED) is 0.568. The third kappa shape index (κ3) is 4.68. The second-order valence-corrected chi connectivity index (χ2v) is 6.29. The van der Waals surface area contributed by atoms with Gasteiger partial charge in [0.15, 0.2) is 11.5 Å². The molecule has 7 nitrogen and oxygen atoms in total. The lowest BCUT2D eigenvalue weighted by Crippen LogP contribution is -2.45. The molecule has 1 aliphatic carbocycles. The number of carbonyl (C=O) groups is 3. The zero-order chi connectivity index (χ0) is 18.7. The Bertz CT molecular complexity index is 721. The molecule has 1 aromatic rings. The molecule has 1 saturated carbocycles. The smallest absolute Gasteiger partial charge is 0.387 e. The average Bonchev–Trinajstić information content (AvgIpc) is 3.38. The lowest BCUT2D eigenvalue weighted by atomic mass is 9.97. The summed E-state index contributed by atoms with van der Waals surface area (Å²) in [6, 6.07) is 4.03. The molecule has 0 unspecified atom stereocenters. The molecule has 1 aliphatic heterocycles. The van der Waals surface area contributed by atoms with Gasteiger partial charge in [0.05, 0.1) is 6.61 Å². The van der Waals surface area contributed by atoms with Crippen LogP contribution in [0.25, 0.3) is 0 Å². The first-order valence-corrected chi connectivity index (χ1v) is 8.28. The molecule has 3 amide bonds. The highest BCUT2D eigenvalue weighted by molar-refractivity contribution is 6.12. The highest BCUT2D eigenvalue weighted by atomic mass is 19.3. The van der Waals surface area contributed by atoms with Gasteiger partial charge in [-0.05, 0) is 37.3 Å². The van der Waals surface area contributed by atoms with Crippen molar-refractivity contribution in [2.24, 2.45) is 11.8 Å². The Labute approximate surface area is 148 Å². The number of rotatable bonds is 7. The molecular formula is C17H18F2N2O5. The Morgan fingerprint density at radius 1 is 1.23 bits per heavy atom. The third-order valence-corrected chi connectivity index (χ3v) is 4.15. The molecule has 0 aromatic heterocycles. The van der Waals surface area contributed by atoms with Crippen LogP contribution in [0.15, 0.2) is 18.2 Å². The minimum Gasteiger partial charge on any atom is -0.489 e. The van der Waals surface area contributed by atoms with E-state index in [1.54, 1.807) is 0 Å². The van der Waals surface area contributed by atoms with Crippen molar-refractivity contribution in [3.8, 4) is 11.5 Å². The summed E-state index contributed by atoms with van der Waals surface area (Å²) in [5.41, 5.74) is 0.284. The Hall–Kier alpha value is -2.71. The van der Waals surface area contributed by atoms with Crippen LogP contribution in [0, 0.1) is 11.8 Å². The first-order chi connectivity index (χ1) is 12.4. The number of alkyl halides is 2. The average molecular weight is 368 g/mol. The molecule has 0 spiro atoms. The van der Waals surface area contributed by atoms with Crippen LogP contribution >= 0.6 is 0 Å². The molecule has 2 aliphatic rings. The number of benzene rings is 1. The number of hydrogen-bond donors (Lipinski definition) is 2. The van der Waals surface area contributed by atoms with Crippen LogP contribution in [0.1, 0.15) is 25.7 Å². The standard InChI is InChI=1S/C17H18F2N2O5/c18-17(19)26-12-5-3-10(7-13(12)25-8-9-1-2-9)20-15(23)11-4-6-14(22)21-16(11)24/h3,5,7,9,11,17H,1-2,4,6,8H2,(H,20,23)(H,21,22,24)/t11-/m0/s1. The maximum Gasteiger partial charge on any atom is 0.387 e. The number of amides is 3. The van der Waals surface area contributed by atoms with Crippen LogP contribution in [-0.4, -0.2) is 30.9 Å². The molecule has 2 fully saturated rings. The number of carbonyl (C=O) groups excluding carboxylic acids is 3. The van der Waals surface area contributed by atoms with Crippen molar-refractivity contribution < 1.29 is 32.6 Å². The van der Waals surface area contributed by atoms with E-state index in [-0.39, 0.29) is 30.0 Å². The fourth-order valence-corrected chi connectivity index (χ4v) is 2.56. The van der Waals surface area contributed by atoms with Gasteiger partial charge in [0.2, 0.25) is 17.7 Å². The largest absolute Gasteiger partial charge is 0.489 e. The van der Waals surface area contributed by atoms with E-state index in [4.69, 9.17) is 4.74 Å². The fourth-order valence-electron chi connectivity index (χ4n) is 2.56. The van der Waals surface area contributed by atoms with E-state index >= 15 is 0 Å². The molecule has 26 heavy (non-hydrogen) atoms. The van der Waals surface area contributed by atoms with Gasteiger partial charge in [0.1, 0.15) is 5.92 Å². The SMILES string of the molecule is O=C1CC[C@@H](C(=O)Nc2ccc(OC(F)F)c(OCC3CC3)c2)C(=O)N1. The van der Waals surface area contributed by atoms with Crippen LogP contribution in [-0.2, 0) is 14.4 Å². The Morgan fingerprint density at radius 3 is 2.65 bits per heavy atom. The molecule has 1 heterocycles. The number of nitrogens with one attached hydrogen (secondary N) is 2. The number of imide groups is 1. The van der Waals surface area contributed by atoms with Gasteiger partial charge in [0, 0.05) is 18.2 Å². The highest BCUT2D eigenvalue weighted by Gasteiger charge is 2.32. The van der Waals surface area contributed by atoms with Crippen molar-refractivity contribution in [3.05, 3.63) is 18.2 Å². The number of ether oxygens (including phenoxy) is 2. The monoisotopic (exact) mass is 368 g/mol. The molecular weight excluding hydrogens is 350 g/mol. The van der Waals surface area contributed by atoms with Crippen LogP contribution in [0.4, 0.5) is 14.5 Å². The van der Waals surface area contributed by atoms with Crippen molar-refractivity contribution in [1.82, 2.24) is 5.32 Å². The summed E-state index contributed by atoms with van der Waals surface area (Å²) >= 11 is 0. The van der Waals surface area contributed by atoms with Crippen molar-refractivity contribution in [2.75, 3.05) is 11.9 Å². The van der Waals surface area contributed by atoms with Crippen LogP contribution in [0.5, 0.6) is 11.5 Å². The molecule has 1 atom stereocenters. The summed E-state index contributed by atoms with van der Waals surface area (Å²) in [5.74, 6) is -2.26. The maximum atomic E-state index is 12.5. The molecule has 3 rings (SSSR count). The molecule has 0 bridgehead atoms. The second-order valence-electron chi connectivity index (χ2n) is 6.29. The Kier molecular flexibility index (Phi) is 5.34. The van der Waals surface area contributed by atoms with E-state index in [0.717, 1.165) is 12.8 Å². The molecule has 1 saturated heterocycles. The van der Waals surface area contributed by atoms with Gasteiger partial charge in [-0.2, -0.15) is 8.78 Å². The predicted molar refractivity (Wildman–Crippen MR) is 85.8 cm³/mol. The van der Waals surface area contributed by atoms with Gasteiger partial charge < -0.3 is 14.8 Å². The van der Waals surface area contributed by atoms with Gasteiger partial charge in [0.25, 0.3) is 0 Å². The highest BCUT2D eigenvalue weighted by Crippen LogP contribution is 2.35. The van der Waals surface area contributed by atoms with Crippen LogP contribution in [0.2, 0.25) is 0 Å². The molecule has 9 heteroatoms. The van der Waals surface area contributed by atoms with E-state index in [9.17, 15) is 23.2 Å². The summed E-state index contributed by atoms with van der Waals surface area (Å²) in [6.45, 7) is -2.62. The molecule has 140 valence electrons. The maximum absolute atomic E-state index is 12.5. The minimum atomic E-state index is -3.00. The van der Waals surface area contributed by atoms with Gasteiger partial charge in [-0.1, -0.05) is 0 Å². The zero-order valence-corrected chi connectivity index (χ0v) is 13.8. The second kappa shape index (κ2) is 7.67. The van der Waals surface area contributed by atoms with Crippen molar-refractivity contribution in [3.63, 3.8) is 0 Å². The van der Waals surface area contributed by atoms with E-state index in [0.29, 0.717) is 12.5 Å². The Morgan fingerprint density at radius 2 is 2.00 bits per heavy atom. The number of anilines is 1. The lowest BCUT2D eigenvalue weighted by Gasteiger charge is -2.20. The van der Waals surface area contributed by atoms with E-state index in [1.807, 2.05) is 0 Å². The third-order valence-electron chi connectivity index (χ3n) is 4.15. The Balaban J connectivity index is 1.70. The normalized spacial score (nSPS) is 19.9. The van der Waals surface area contributed by atoms with Gasteiger partial charge >= 0.3 is 6.61 Å². The van der Waals surface area contributed by atoms with Gasteiger partial charge in [-0.15, -0.1) is 0 Å². The summed E-state index contributed by atoms with van der Waals surface area (Å²) in [4.78, 5) is 35.1. The van der Waals surface area contributed by atoms with Crippen molar-refractivity contribution >= 4 is 23.4 Å². The van der Waals surface area contributed by atoms with Crippen LogP contribution < -0.4 is 20.1 Å². The fraction of sp³-hybridized carbons (Fsp3) is 0.471. The van der Waals surface area contributed by atoms with Crippen molar-refractivity contribution in [2.45, 2.75) is 32.3 Å². The summed E-state index contributed by atoms with van der Waals surface area (Å²) < 4.78 is 35.0. The first kappa shape index (κ1) is 18.1. The molecule has 0 radical (unpaired) electrons. The van der Waals surface area contributed by atoms with E-state index in [2.05, 4.69) is 15.4 Å². The lowest BCUT2D eigenvalue weighted by molar-refractivity contribution is -0.139. The summed E-state index contributed by atoms with van der Waals surface area (Å²) in [7, 11) is 0. The zero-order valence-electron chi connectivity index (χ0n) is 13.8. The topological polar surface area (TPSA) is 93.7 Å². The number of piperidine rings is 1. The summed E-state index contributed by atoms with van der Waals surface area (Å²) in [6.07, 6.45) is 2.25. The van der Waals surface area contributed by atoms with Gasteiger partial charge in [-0.3, -0.25) is 19.7 Å². The van der Waals surface area contributed by atoms with Crippen LogP contribution in [0.3, 0.4) is 0 Å². The van der Waals surface area contributed by atoms with E-state index < -0.39 is 30.3 Å². The summed E-state index contributed by atoms with van der Waals surface area (Å²) in [5, 5.41) is 4.66. The molecule has 1 aromatic carbocycles. The van der Waals surface area contributed by atoms with Gasteiger partial charge in [-0.25, -0.2) is 0 Å². The van der Waals surface area contributed by atoms with Crippen molar-refractivity contribution in [1.29, 1.82) is 0 Å². The predicted octanol–water partition coefficient (Wildman–Crippen LogP) is 2.07. The first-order valence-electron chi connectivity index (χ1n) is 8.28. The number of hydrogen-bond acceptors (Lipinski definition) is 5. The minimum absolute atomic E-state index is 0.0841. The number of halogens is 2. The molecule has 2 N–H and O–H groups in total.